The summed E-state index contributed by atoms with van der Waals surface area (Å²) in [6.45, 7) is 11.1. The van der Waals surface area contributed by atoms with Crippen molar-refractivity contribution in [3.8, 4) is 17.2 Å². The number of rotatable bonds is 11. The summed E-state index contributed by atoms with van der Waals surface area (Å²) in [7, 11) is 0. The zero-order valence-corrected chi connectivity index (χ0v) is 19.9. The van der Waals surface area contributed by atoms with Gasteiger partial charge in [0.25, 0.3) is 0 Å². The number of ether oxygens (including phenoxy) is 3. The van der Waals surface area contributed by atoms with Gasteiger partial charge in [-0.15, -0.1) is 0 Å². The average molecular weight is 453 g/mol. The van der Waals surface area contributed by atoms with Gasteiger partial charge in [0, 0.05) is 0 Å². The van der Waals surface area contributed by atoms with Gasteiger partial charge in [0.1, 0.15) is 18.1 Å². The van der Waals surface area contributed by atoms with E-state index in [9.17, 15) is 4.79 Å². The molecule has 7 heteroatoms. The van der Waals surface area contributed by atoms with Crippen LogP contribution in [-0.2, 0) is 17.8 Å². The van der Waals surface area contributed by atoms with Gasteiger partial charge in [0.2, 0.25) is 5.91 Å². The third-order valence-electron chi connectivity index (χ3n) is 5.30. The Morgan fingerprint density at radius 1 is 1.00 bits per heavy atom. The first-order chi connectivity index (χ1) is 15.9. The van der Waals surface area contributed by atoms with Gasteiger partial charge in [-0.05, 0) is 70.0 Å². The van der Waals surface area contributed by atoms with Crippen molar-refractivity contribution in [2.45, 2.75) is 53.7 Å². The van der Waals surface area contributed by atoms with Crippen LogP contribution >= 0.6 is 0 Å². The highest BCUT2D eigenvalue weighted by molar-refractivity contribution is 5.79. The summed E-state index contributed by atoms with van der Waals surface area (Å²) in [5.74, 6) is 2.82. The van der Waals surface area contributed by atoms with Gasteiger partial charge in [-0.1, -0.05) is 23.4 Å². The zero-order chi connectivity index (χ0) is 23.8. The Labute approximate surface area is 195 Å². The van der Waals surface area contributed by atoms with E-state index >= 15 is 0 Å². The topological polar surface area (TPSA) is 82.8 Å². The van der Waals surface area contributed by atoms with Gasteiger partial charge in [-0.3, -0.25) is 4.79 Å². The highest BCUT2D eigenvalue weighted by Gasteiger charge is 2.14. The minimum Gasteiger partial charge on any atom is -0.490 e. The summed E-state index contributed by atoms with van der Waals surface area (Å²) in [6, 6.07) is 13.1. The van der Waals surface area contributed by atoms with Crippen LogP contribution in [0.15, 0.2) is 47.0 Å². The summed E-state index contributed by atoms with van der Waals surface area (Å²) < 4.78 is 22.3. The molecule has 176 valence electrons. The van der Waals surface area contributed by atoms with Crippen molar-refractivity contribution >= 4 is 5.91 Å². The first kappa shape index (κ1) is 24.2. The fourth-order valence-corrected chi connectivity index (χ4v) is 3.47. The van der Waals surface area contributed by atoms with E-state index in [0.717, 1.165) is 33.9 Å². The van der Waals surface area contributed by atoms with Crippen molar-refractivity contribution in [3.05, 3.63) is 70.6 Å². The van der Waals surface area contributed by atoms with Crippen molar-refractivity contribution in [1.29, 1.82) is 0 Å². The molecule has 0 radical (unpaired) electrons. The standard InChI is InChI=1S/C26H32N2O5/c1-6-30-24-13-10-21(15-25(24)31-7-2)17(3)27-26(29)14-20-8-11-22(12-9-20)32-16-23-18(4)28-33-19(23)5/h8-13,15,17H,6-7,14,16H2,1-5H3,(H,27,29). The van der Waals surface area contributed by atoms with Gasteiger partial charge < -0.3 is 24.1 Å². The molecule has 1 unspecified atom stereocenters. The van der Waals surface area contributed by atoms with E-state index in [-0.39, 0.29) is 18.4 Å². The molecule has 1 atom stereocenters. The molecule has 3 aromatic rings. The number of benzene rings is 2. The summed E-state index contributed by atoms with van der Waals surface area (Å²) in [4.78, 5) is 12.6. The third kappa shape index (κ3) is 6.51. The predicted molar refractivity (Wildman–Crippen MR) is 126 cm³/mol. The largest absolute Gasteiger partial charge is 0.490 e. The number of carbonyl (C=O) groups excluding carboxylic acids is 1. The second kappa shape index (κ2) is 11.4. The molecular weight excluding hydrogens is 420 g/mol. The molecule has 3 rings (SSSR count). The lowest BCUT2D eigenvalue weighted by atomic mass is 10.1. The lowest BCUT2D eigenvalue weighted by Crippen LogP contribution is -2.28. The number of nitrogens with one attached hydrogen (secondary N) is 1. The minimum atomic E-state index is -0.162. The van der Waals surface area contributed by atoms with Gasteiger partial charge in [0.15, 0.2) is 11.5 Å². The molecule has 33 heavy (non-hydrogen) atoms. The third-order valence-corrected chi connectivity index (χ3v) is 5.30. The zero-order valence-electron chi connectivity index (χ0n) is 19.9. The molecule has 1 aromatic heterocycles. The molecule has 0 saturated carbocycles. The van der Waals surface area contributed by atoms with Crippen LogP contribution in [0.2, 0.25) is 0 Å². The number of hydrogen-bond donors (Lipinski definition) is 1. The van der Waals surface area contributed by atoms with E-state index in [1.54, 1.807) is 0 Å². The van der Waals surface area contributed by atoms with E-state index in [1.165, 1.54) is 0 Å². The lowest BCUT2D eigenvalue weighted by Gasteiger charge is -2.17. The van der Waals surface area contributed by atoms with E-state index < -0.39 is 0 Å². The summed E-state index contributed by atoms with van der Waals surface area (Å²) in [6.07, 6.45) is 0.282. The van der Waals surface area contributed by atoms with Gasteiger partial charge in [-0.2, -0.15) is 0 Å². The highest BCUT2D eigenvalue weighted by Crippen LogP contribution is 2.30. The van der Waals surface area contributed by atoms with Crippen molar-refractivity contribution in [3.63, 3.8) is 0 Å². The summed E-state index contributed by atoms with van der Waals surface area (Å²) in [5, 5.41) is 6.99. The molecule has 0 fully saturated rings. The number of hydrogen-bond acceptors (Lipinski definition) is 6. The average Bonchev–Trinajstić information content (AvgIpc) is 3.12. The van der Waals surface area contributed by atoms with E-state index in [2.05, 4.69) is 10.5 Å². The quantitative estimate of drug-likeness (QED) is 0.436. The van der Waals surface area contributed by atoms with Crippen LogP contribution in [0.1, 0.15) is 55.0 Å². The van der Waals surface area contributed by atoms with Crippen LogP contribution in [0.4, 0.5) is 0 Å². The van der Waals surface area contributed by atoms with Crippen LogP contribution in [0, 0.1) is 13.8 Å². The number of nitrogens with zero attached hydrogens (tertiary/aromatic N) is 1. The Balaban J connectivity index is 1.55. The Morgan fingerprint density at radius 2 is 1.70 bits per heavy atom. The van der Waals surface area contributed by atoms with Crippen molar-refractivity contribution < 1.29 is 23.5 Å². The fraction of sp³-hybridized carbons (Fsp3) is 0.385. The first-order valence-electron chi connectivity index (χ1n) is 11.2. The van der Waals surface area contributed by atoms with Crippen LogP contribution < -0.4 is 19.5 Å². The number of aryl methyl sites for hydroxylation is 2. The second-order valence-corrected chi connectivity index (χ2v) is 7.77. The molecule has 0 saturated heterocycles. The molecule has 1 amide bonds. The van der Waals surface area contributed by atoms with Gasteiger partial charge >= 0.3 is 0 Å². The smallest absolute Gasteiger partial charge is 0.224 e. The Morgan fingerprint density at radius 3 is 2.33 bits per heavy atom. The SMILES string of the molecule is CCOc1ccc(C(C)NC(=O)Cc2ccc(OCc3c(C)noc3C)cc2)cc1OCC. The van der Waals surface area contributed by atoms with E-state index in [1.807, 2.05) is 77.1 Å². The van der Waals surface area contributed by atoms with Crippen LogP contribution in [0.5, 0.6) is 17.2 Å². The van der Waals surface area contributed by atoms with E-state index in [0.29, 0.717) is 31.3 Å². The number of amides is 1. The molecule has 0 aliphatic heterocycles. The maximum absolute atomic E-state index is 12.6. The predicted octanol–water partition coefficient (Wildman–Crippen LogP) is 5.09. The number of aromatic nitrogens is 1. The normalized spacial score (nSPS) is 11.7. The minimum absolute atomic E-state index is 0.0567. The summed E-state index contributed by atoms with van der Waals surface area (Å²) >= 11 is 0. The molecule has 7 nitrogen and oxygen atoms in total. The van der Waals surface area contributed by atoms with Crippen LogP contribution in [0.3, 0.4) is 0 Å². The maximum Gasteiger partial charge on any atom is 0.224 e. The summed E-state index contributed by atoms with van der Waals surface area (Å²) in [5.41, 5.74) is 3.65. The molecule has 1 heterocycles. The molecule has 0 aliphatic rings. The van der Waals surface area contributed by atoms with Crippen molar-refractivity contribution in [1.82, 2.24) is 10.5 Å². The Bertz CT molecular complexity index is 1040. The maximum atomic E-state index is 12.6. The van der Waals surface area contributed by atoms with Crippen LogP contribution in [0.25, 0.3) is 0 Å². The van der Waals surface area contributed by atoms with Gasteiger partial charge in [-0.25, -0.2) is 0 Å². The highest BCUT2D eigenvalue weighted by atomic mass is 16.5. The second-order valence-electron chi connectivity index (χ2n) is 7.77. The molecule has 2 aromatic carbocycles. The number of carbonyl (C=O) groups is 1. The molecule has 0 bridgehead atoms. The van der Waals surface area contributed by atoms with Gasteiger partial charge in [0.05, 0.1) is 36.9 Å². The monoisotopic (exact) mass is 452 g/mol. The lowest BCUT2D eigenvalue weighted by molar-refractivity contribution is -0.121. The Hall–Kier alpha value is -3.48. The Kier molecular flexibility index (Phi) is 8.35. The molecule has 0 spiro atoms. The fourth-order valence-electron chi connectivity index (χ4n) is 3.47. The van der Waals surface area contributed by atoms with Crippen LogP contribution in [-0.4, -0.2) is 24.3 Å². The first-order valence-corrected chi connectivity index (χ1v) is 11.2. The van der Waals surface area contributed by atoms with Crippen molar-refractivity contribution in [2.24, 2.45) is 0 Å². The molecule has 1 N–H and O–H groups in total. The molecule has 0 aliphatic carbocycles. The van der Waals surface area contributed by atoms with Crippen molar-refractivity contribution in [2.75, 3.05) is 13.2 Å². The molecular formula is C26H32N2O5. The van der Waals surface area contributed by atoms with E-state index in [4.69, 9.17) is 18.7 Å².